The fraction of sp³-hybridized carbons (Fsp3) is 0.423. The Balaban J connectivity index is 1.31. The average Bonchev–Trinajstić information content (AvgIpc) is 3.36. The van der Waals surface area contributed by atoms with Crippen LogP contribution in [-0.4, -0.2) is 53.2 Å². The molecule has 0 N–H and O–H groups in total. The van der Waals surface area contributed by atoms with Crippen molar-refractivity contribution in [1.29, 1.82) is 0 Å². The number of aromatic nitrogens is 3. The van der Waals surface area contributed by atoms with Crippen LogP contribution in [0.1, 0.15) is 32.9 Å². The first-order valence-corrected chi connectivity index (χ1v) is 12.2. The largest absolute Gasteiger partial charge is 0.416 e. The Morgan fingerprint density at radius 3 is 2.38 bits per heavy atom. The zero-order chi connectivity index (χ0) is 27.7. The molecule has 39 heavy (non-hydrogen) atoms. The summed E-state index contributed by atoms with van der Waals surface area (Å²) in [5.74, 6) is -1.50. The quantitative estimate of drug-likeness (QED) is 0.437. The van der Waals surface area contributed by atoms with Crippen LogP contribution in [0.2, 0.25) is 0 Å². The van der Waals surface area contributed by atoms with E-state index in [0.717, 1.165) is 17.5 Å². The zero-order valence-electron chi connectivity index (χ0n) is 20.7. The van der Waals surface area contributed by atoms with E-state index in [9.17, 15) is 31.1 Å². The Morgan fingerprint density at radius 1 is 1.05 bits per heavy atom. The van der Waals surface area contributed by atoms with Crippen LogP contribution in [-0.2, 0) is 36.3 Å². The Labute approximate surface area is 219 Å². The van der Waals surface area contributed by atoms with Crippen LogP contribution in [0.25, 0.3) is 0 Å². The highest BCUT2D eigenvalue weighted by atomic mass is 19.4. The second kappa shape index (κ2) is 8.70. The van der Waals surface area contributed by atoms with Gasteiger partial charge < -0.3 is 19.1 Å². The number of rotatable bonds is 5. The van der Waals surface area contributed by atoms with E-state index < -0.39 is 48.2 Å². The van der Waals surface area contributed by atoms with Gasteiger partial charge >= 0.3 is 12.4 Å². The van der Waals surface area contributed by atoms with Gasteiger partial charge in [-0.1, -0.05) is 12.1 Å². The van der Waals surface area contributed by atoms with Gasteiger partial charge in [-0.15, -0.1) is 10.2 Å². The van der Waals surface area contributed by atoms with Gasteiger partial charge in [0, 0.05) is 48.9 Å². The zero-order valence-corrected chi connectivity index (χ0v) is 20.7. The lowest BCUT2D eigenvalue weighted by Crippen LogP contribution is -2.53. The standard InChI is InChI=1S/C26H23F6N5O2/c1-35-14-33-34-22(35)8-24(12-39-13-24)15-3-2-4-17(5-15)37-11-20-19(23(37)38)6-18(7-21(20)26(30,31)32)36-9-16(10-36)25(27,28)29/h2-7,14,16H,8-13H2,1H3. The Hall–Kier alpha value is -3.61. The summed E-state index contributed by atoms with van der Waals surface area (Å²) in [5.41, 5.74) is -0.536. The molecular formula is C26H23F6N5O2. The van der Waals surface area contributed by atoms with Gasteiger partial charge in [-0.25, -0.2) is 0 Å². The number of halogens is 6. The molecule has 0 radical (unpaired) electrons. The summed E-state index contributed by atoms with van der Waals surface area (Å²) < 4.78 is 88.4. The third kappa shape index (κ3) is 4.32. The fourth-order valence-electron chi connectivity index (χ4n) is 5.43. The van der Waals surface area contributed by atoms with Gasteiger partial charge in [0.15, 0.2) is 0 Å². The molecule has 6 rings (SSSR count). The van der Waals surface area contributed by atoms with Crippen molar-refractivity contribution in [1.82, 2.24) is 14.8 Å². The molecule has 0 spiro atoms. The smallest absolute Gasteiger partial charge is 0.379 e. The molecule has 2 saturated heterocycles. The highest BCUT2D eigenvalue weighted by Gasteiger charge is 2.49. The van der Waals surface area contributed by atoms with E-state index in [-0.39, 0.29) is 23.4 Å². The van der Waals surface area contributed by atoms with Gasteiger partial charge in [-0.05, 0) is 35.4 Å². The summed E-state index contributed by atoms with van der Waals surface area (Å²) in [6.07, 6.45) is -7.09. The molecule has 2 fully saturated rings. The SMILES string of the molecule is Cn1cnnc1CC1(c2cccc(N3Cc4c(cc(N5CC(C(F)(F)F)C5)cc4C(F)(F)F)C3=O)c2)COC1. The minimum Gasteiger partial charge on any atom is -0.379 e. The number of fused-ring (bicyclic) bond motifs is 1. The van der Waals surface area contributed by atoms with Crippen molar-refractivity contribution in [3.05, 3.63) is 70.8 Å². The topological polar surface area (TPSA) is 63.5 Å². The molecule has 0 aliphatic carbocycles. The summed E-state index contributed by atoms with van der Waals surface area (Å²) in [6, 6.07) is 9.18. The Morgan fingerprint density at radius 2 is 1.79 bits per heavy atom. The van der Waals surface area contributed by atoms with Crippen LogP contribution in [0, 0.1) is 5.92 Å². The number of anilines is 2. The second-order valence-corrected chi connectivity index (χ2v) is 10.4. The molecule has 206 valence electrons. The first kappa shape index (κ1) is 25.7. The number of ether oxygens (including phenoxy) is 1. The average molecular weight is 551 g/mol. The first-order chi connectivity index (χ1) is 18.4. The van der Waals surface area contributed by atoms with Crippen molar-refractivity contribution >= 4 is 17.3 Å². The Bertz CT molecular complexity index is 1440. The monoisotopic (exact) mass is 551 g/mol. The van der Waals surface area contributed by atoms with E-state index in [1.807, 2.05) is 13.1 Å². The van der Waals surface area contributed by atoms with Crippen molar-refractivity contribution in [2.45, 2.75) is 30.7 Å². The van der Waals surface area contributed by atoms with Gasteiger partial charge in [0.25, 0.3) is 5.91 Å². The molecule has 13 heteroatoms. The Kier molecular flexibility index (Phi) is 5.72. The number of aryl methyl sites for hydroxylation is 1. The highest BCUT2D eigenvalue weighted by Crippen LogP contribution is 2.44. The number of carbonyl (C=O) groups excluding carboxylic acids is 1. The molecule has 1 aromatic heterocycles. The van der Waals surface area contributed by atoms with Crippen molar-refractivity contribution < 1.29 is 35.9 Å². The number of benzene rings is 2. The van der Waals surface area contributed by atoms with E-state index in [4.69, 9.17) is 4.74 Å². The van der Waals surface area contributed by atoms with Crippen LogP contribution in [0.4, 0.5) is 37.7 Å². The molecule has 1 amide bonds. The normalized spacial score (nSPS) is 19.2. The summed E-state index contributed by atoms with van der Waals surface area (Å²) in [7, 11) is 1.83. The van der Waals surface area contributed by atoms with Crippen molar-refractivity contribution in [3.63, 3.8) is 0 Å². The molecule has 0 bridgehead atoms. The maximum Gasteiger partial charge on any atom is 0.416 e. The van der Waals surface area contributed by atoms with E-state index in [1.165, 1.54) is 15.9 Å². The summed E-state index contributed by atoms with van der Waals surface area (Å²) >= 11 is 0. The number of hydrogen-bond acceptors (Lipinski definition) is 5. The van der Waals surface area contributed by atoms with Crippen LogP contribution in [0.15, 0.2) is 42.7 Å². The van der Waals surface area contributed by atoms with Crippen molar-refractivity contribution in [3.8, 4) is 0 Å². The summed E-state index contributed by atoms with van der Waals surface area (Å²) in [6.45, 7) is -0.378. The van der Waals surface area contributed by atoms with Gasteiger partial charge in [-0.3, -0.25) is 4.79 Å². The molecule has 2 aromatic carbocycles. The van der Waals surface area contributed by atoms with Crippen molar-refractivity contribution in [2.24, 2.45) is 13.0 Å². The van der Waals surface area contributed by atoms with Gasteiger partial charge in [0.1, 0.15) is 12.2 Å². The maximum absolute atomic E-state index is 14.1. The first-order valence-electron chi connectivity index (χ1n) is 12.2. The van der Waals surface area contributed by atoms with Crippen molar-refractivity contribution in [2.75, 3.05) is 36.1 Å². The van der Waals surface area contributed by atoms with Crippen LogP contribution < -0.4 is 9.80 Å². The van der Waals surface area contributed by atoms with Gasteiger partial charge in [0.05, 0.1) is 31.2 Å². The third-order valence-corrected chi connectivity index (χ3v) is 7.87. The molecule has 3 aromatic rings. The minimum absolute atomic E-state index is 0.0419. The minimum atomic E-state index is -4.78. The van der Waals surface area contributed by atoms with Crippen LogP contribution in [0.3, 0.4) is 0 Å². The maximum atomic E-state index is 14.1. The highest BCUT2D eigenvalue weighted by molar-refractivity contribution is 6.11. The molecule has 0 atom stereocenters. The summed E-state index contributed by atoms with van der Waals surface area (Å²) in [4.78, 5) is 15.9. The molecule has 3 aliphatic heterocycles. The molecule has 7 nitrogen and oxygen atoms in total. The van der Waals surface area contributed by atoms with Gasteiger partial charge in [0.2, 0.25) is 0 Å². The van der Waals surface area contributed by atoms with Crippen LogP contribution >= 0.6 is 0 Å². The molecule has 3 aliphatic rings. The third-order valence-electron chi connectivity index (χ3n) is 7.87. The summed E-state index contributed by atoms with van der Waals surface area (Å²) in [5, 5.41) is 8.07. The van der Waals surface area contributed by atoms with E-state index in [2.05, 4.69) is 10.2 Å². The molecule has 4 heterocycles. The lowest BCUT2D eigenvalue weighted by atomic mass is 9.75. The number of hydrogen-bond donors (Lipinski definition) is 0. The molecule has 0 unspecified atom stereocenters. The predicted molar refractivity (Wildman–Crippen MR) is 127 cm³/mol. The van der Waals surface area contributed by atoms with Crippen LogP contribution in [0.5, 0.6) is 0 Å². The second-order valence-electron chi connectivity index (χ2n) is 10.4. The fourth-order valence-corrected chi connectivity index (χ4v) is 5.43. The van der Waals surface area contributed by atoms with Gasteiger partial charge in [-0.2, -0.15) is 26.3 Å². The lowest BCUT2D eigenvalue weighted by molar-refractivity contribution is -0.180. The van der Waals surface area contributed by atoms with E-state index in [0.29, 0.717) is 25.3 Å². The number of nitrogens with zero attached hydrogens (tertiary/aromatic N) is 5. The van der Waals surface area contributed by atoms with E-state index in [1.54, 1.807) is 29.1 Å². The number of alkyl halides is 6. The number of amides is 1. The molecular weight excluding hydrogens is 528 g/mol. The number of carbonyl (C=O) groups is 1. The van der Waals surface area contributed by atoms with E-state index >= 15 is 0 Å². The predicted octanol–water partition coefficient (Wildman–Crippen LogP) is 4.50. The molecule has 0 saturated carbocycles. The lowest BCUT2D eigenvalue weighted by Gasteiger charge is -2.42.